The maximum absolute atomic E-state index is 13.7. The van der Waals surface area contributed by atoms with Crippen molar-refractivity contribution in [3.05, 3.63) is 96.2 Å². The van der Waals surface area contributed by atoms with Gasteiger partial charge in [0.05, 0.1) is 35.1 Å². The zero-order chi connectivity index (χ0) is 26.2. The van der Waals surface area contributed by atoms with E-state index in [0.717, 1.165) is 11.1 Å². The third-order valence-electron chi connectivity index (χ3n) is 6.09. The molecular formula is C29H32N2O4S. The minimum atomic E-state index is -0.649. The van der Waals surface area contributed by atoms with Crippen LogP contribution in [0, 0.1) is 0 Å². The first-order valence-corrected chi connectivity index (χ1v) is 12.8. The van der Waals surface area contributed by atoms with Gasteiger partial charge in [-0.3, -0.25) is 9.36 Å². The molecule has 2 aromatic carbocycles. The molecule has 1 aromatic heterocycles. The van der Waals surface area contributed by atoms with Crippen molar-refractivity contribution in [3.63, 3.8) is 0 Å². The predicted octanol–water partition coefficient (Wildman–Crippen LogP) is 4.49. The van der Waals surface area contributed by atoms with Crippen LogP contribution in [0.2, 0.25) is 0 Å². The highest BCUT2D eigenvalue weighted by Gasteiger charge is 2.33. The molecule has 0 saturated carbocycles. The number of hydrogen-bond acceptors (Lipinski definition) is 6. The van der Waals surface area contributed by atoms with Crippen molar-refractivity contribution in [2.24, 2.45) is 4.99 Å². The number of carbonyl (C=O) groups is 1. The van der Waals surface area contributed by atoms with Gasteiger partial charge in [-0.25, -0.2) is 9.79 Å². The maximum atomic E-state index is 13.7. The summed E-state index contributed by atoms with van der Waals surface area (Å²) in [4.78, 5) is 32.1. The first-order valence-electron chi connectivity index (χ1n) is 12.0. The molecule has 1 atom stereocenters. The fourth-order valence-electron chi connectivity index (χ4n) is 4.19. The first kappa shape index (κ1) is 25.6. The lowest BCUT2D eigenvalue weighted by Gasteiger charge is -2.25. The van der Waals surface area contributed by atoms with Crippen molar-refractivity contribution in [1.82, 2.24) is 4.57 Å². The van der Waals surface area contributed by atoms with Crippen LogP contribution in [0.3, 0.4) is 0 Å². The number of thiazole rings is 1. The molecule has 188 valence electrons. The standard InChI is InChI=1S/C29H32N2O4S/c1-17(2)35-27(33)24-18(3)30-28-31(25(24)20-10-14-22(34-7)15-11-20)26(32)23(36-28)16-19-8-12-21(13-9-19)29(4,5)6/h8-17,25H,1-7H3/b23-16+/t25-/m1/s1. The summed E-state index contributed by atoms with van der Waals surface area (Å²) < 4.78 is 13.0. The first-order chi connectivity index (χ1) is 17.0. The molecule has 1 aliphatic heterocycles. The number of allylic oxidation sites excluding steroid dienone is 1. The van der Waals surface area contributed by atoms with Gasteiger partial charge in [-0.15, -0.1) is 0 Å². The third kappa shape index (κ3) is 5.07. The van der Waals surface area contributed by atoms with Crippen molar-refractivity contribution in [2.45, 2.75) is 59.1 Å². The van der Waals surface area contributed by atoms with Gasteiger partial charge in [0.25, 0.3) is 5.56 Å². The zero-order valence-electron chi connectivity index (χ0n) is 21.8. The van der Waals surface area contributed by atoms with Crippen molar-refractivity contribution in [1.29, 1.82) is 0 Å². The minimum absolute atomic E-state index is 0.0504. The molecule has 0 saturated heterocycles. The van der Waals surface area contributed by atoms with Crippen molar-refractivity contribution in [2.75, 3.05) is 7.11 Å². The minimum Gasteiger partial charge on any atom is -0.497 e. The second-order valence-corrected chi connectivity index (χ2v) is 11.2. The fraction of sp³-hybridized carbons (Fsp3) is 0.345. The summed E-state index contributed by atoms with van der Waals surface area (Å²) in [7, 11) is 1.60. The normalized spacial score (nSPS) is 16.1. The number of carbonyl (C=O) groups excluding carboxylic acids is 1. The Bertz CT molecular complexity index is 1490. The van der Waals surface area contributed by atoms with E-state index >= 15 is 0 Å². The molecule has 0 unspecified atom stereocenters. The summed E-state index contributed by atoms with van der Waals surface area (Å²) in [5.74, 6) is 0.219. The second kappa shape index (κ2) is 9.90. The van der Waals surface area contributed by atoms with Crippen LogP contribution in [-0.4, -0.2) is 23.8 Å². The molecular weight excluding hydrogens is 472 g/mol. The summed E-state index contributed by atoms with van der Waals surface area (Å²) in [6.45, 7) is 11.9. The van der Waals surface area contributed by atoms with Crippen LogP contribution in [0.5, 0.6) is 5.75 Å². The average molecular weight is 505 g/mol. The van der Waals surface area contributed by atoms with E-state index in [1.54, 1.807) is 32.4 Å². The molecule has 3 aromatic rings. The lowest BCUT2D eigenvalue weighted by Crippen LogP contribution is -2.40. The molecule has 6 nitrogen and oxygen atoms in total. The lowest BCUT2D eigenvalue weighted by molar-refractivity contribution is -0.143. The van der Waals surface area contributed by atoms with Crippen LogP contribution in [0.25, 0.3) is 6.08 Å². The second-order valence-electron chi connectivity index (χ2n) is 10.2. The quantitative estimate of drug-likeness (QED) is 0.480. The van der Waals surface area contributed by atoms with Crippen molar-refractivity contribution in [3.8, 4) is 5.75 Å². The molecule has 36 heavy (non-hydrogen) atoms. The summed E-state index contributed by atoms with van der Waals surface area (Å²) in [6, 6.07) is 15.0. The monoisotopic (exact) mass is 504 g/mol. The summed E-state index contributed by atoms with van der Waals surface area (Å²) in [5.41, 5.74) is 3.71. The fourth-order valence-corrected chi connectivity index (χ4v) is 5.24. The topological polar surface area (TPSA) is 69.9 Å². The number of ether oxygens (including phenoxy) is 2. The van der Waals surface area contributed by atoms with Crippen LogP contribution < -0.4 is 19.6 Å². The number of nitrogens with zero attached hydrogens (tertiary/aromatic N) is 2. The van der Waals surface area contributed by atoms with Gasteiger partial charge in [-0.2, -0.15) is 0 Å². The van der Waals surface area contributed by atoms with Gasteiger partial charge < -0.3 is 9.47 Å². The number of esters is 1. The summed E-state index contributed by atoms with van der Waals surface area (Å²) in [6.07, 6.45) is 1.59. The van der Waals surface area contributed by atoms with Gasteiger partial charge in [0, 0.05) is 0 Å². The van der Waals surface area contributed by atoms with Crippen molar-refractivity contribution >= 4 is 23.4 Å². The van der Waals surface area contributed by atoms with E-state index in [1.165, 1.54) is 16.9 Å². The predicted molar refractivity (Wildman–Crippen MR) is 143 cm³/mol. The van der Waals surface area contributed by atoms with E-state index in [1.807, 2.05) is 42.5 Å². The van der Waals surface area contributed by atoms with E-state index in [-0.39, 0.29) is 17.1 Å². The molecule has 7 heteroatoms. The van der Waals surface area contributed by atoms with E-state index in [2.05, 4.69) is 37.9 Å². The number of fused-ring (bicyclic) bond motifs is 1. The van der Waals surface area contributed by atoms with Crippen molar-refractivity contribution < 1.29 is 14.3 Å². The Hall–Kier alpha value is -3.45. The van der Waals surface area contributed by atoms with E-state index in [0.29, 0.717) is 26.4 Å². The molecule has 0 amide bonds. The SMILES string of the molecule is COc1ccc([C@@H]2C(C(=O)OC(C)C)=C(C)N=c3s/c(=C/c4ccc(C(C)(C)C)cc4)c(=O)n32)cc1. The maximum Gasteiger partial charge on any atom is 0.338 e. The highest BCUT2D eigenvalue weighted by molar-refractivity contribution is 7.07. The molecule has 0 N–H and O–H groups in total. The van der Waals surface area contributed by atoms with Gasteiger partial charge in [-0.1, -0.05) is 68.5 Å². The zero-order valence-corrected chi connectivity index (χ0v) is 22.6. The van der Waals surface area contributed by atoms with Crippen LogP contribution >= 0.6 is 11.3 Å². The van der Waals surface area contributed by atoms with Crippen LogP contribution in [0.4, 0.5) is 0 Å². The highest BCUT2D eigenvalue weighted by atomic mass is 32.1. The van der Waals surface area contributed by atoms with E-state index < -0.39 is 12.0 Å². The Morgan fingerprint density at radius 1 is 1.08 bits per heavy atom. The van der Waals surface area contributed by atoms with Gasteiger partial charge >= 0.3 is 5.97 Å². The van der Waals surface area contributed by atoms with E-state index in [9.17, 15) is 9.59 Å². The summed E-state index contributed by atoms with van der Waals surface area (Å²) >= 11 is 1.32. The Labute approximate surface area is 215 Å². The molecule has 0 fully saturated rings. The van der Waals surface area contributed by atoms with Gasteiger partial charge in [0.1, 0.15) is 5.75 Å². The molecule has 0 bridgehead atoms. The number of methoxy groups -OCH3 is 1. The van der Waals surface area contributed by atoms with E-state index in [4.69, 9.17) is 9.47 Å². The van der Waals surface area contributed by atoms with Crippen LogP contribution in [0.15, 0.2) is 69.6 Å². The number of hydrogen-bond donors (Lipinski definition) is 0. The Morgan fingerprint density at radius 3 is 2.28 bits per heavy atom. The molecule has 4 rings (SSSR count). The third-order valence-corrected chi connectivity index (χ3v) is 7.07. The number of rotatable bonds is 5. The van der Waals surface area contributed by atoms with Gasteiger partial charge in [0.15, 0.2) is 4.80 Å². The number of aromatic nitrogens is 1. The van der Waals surface area contributed by atoms with Gasteiger partial charge in [-0.05, 0) is 61.1 Å². The Kier molecular flexibility index (Phi) is 7.05. The molecule has 1 aliphatic rings. The van der Waals surface area contributed by atoms with Gasteiger partial charge in [0.2, 0.25) is 0 Å². The lowest BCUT2D eigenvalue weighted by atomic mass is 9.87. The Morgan fingerprint density at radius 2 is 1.72 bits per heavy atom. The molecule has 0 spiro atoms. The summed E-state index contributed by atoms with van der Waals surface area (Å²) in [5, 5.41) is 0. The van der Waals surface area contributed by atoms with Crippen LogP contribution in [-0.2, 0) is 14.9 Å². The highest BCUT2D eigenvalue weighted by Crippen LogP contribution is 2.32. The largest absolute Gasteiger partial charge is 0.497 e. The smallest absolute Gasteiger partial charge is 0.338 e. The Balaban J connectivity index is 1.88. The molecule has 0 radical (unpaired) electrons. The molecule has 2 heterocycles. The molecule has 0 aliphatic carbocycles. The average Bonchev–Trinajstić information content (AvgIpc) is 3.12. The van der Waals surface area contributed by atoms with Crippen LogP contribution in [0.1, 0.15) is 64.3 Å². The number of benzene rings is 2.